The molecule has 1 fully saturated rings. The smallest absolute Gasteiger partial charge is 0.292 e. The number of rotatable bonds is 3. The minimum absolute atomic E-state index is 0.000833. The minimum Gasteiger partial charge on any atom is -0.366 e. The summed E-state index contributed by atoms with van der Waals surface area (Å²) in [5, 5.41) is 14.3. The van der Waals surface area contributed by atoms with Gasteiger partial charge in [-0.05, 0) is 19.1 Å². The molecule has 1 aromatic carbocycles. The summed E-state index contributed by atoms with van der Waals surface area (Å²) >= 11 is 0. The van der Waals surface area contributed by atoms with Gasteiger partial charge in [0.1, 0.15) is 5.69 Å². The predicted molar refractivity (Wildman–Crippen MR) is 71.3 cm³/mol. The molecule has 102 valence electrons. The summed E-state index contributed by atoms with van der Waals surface area (Å²) in [6.07, 6.45) is 0. The van der Waals surface area contributed by atoms with Gasteiger partial charge in [0.25, 0.3) is 5.69 Å². The van der Waals surface area contributed by atoms with Gasteiger partial charge in [-0.25, -0.2) is 0 Å². The van der Waals surface area contributed by atoms with Crippen molar-refractivity contribution in [2.75, 3.05) is 24.5 Å². The van der Waals surface area contributed by atoms with Gasteiger partial charge in [-0.2, -0.15) is 0 Å². The second-order valence-electron chi connectivity index (χ2n) is 4.63. The molecular weight excluding hydrogens is 248 g/mol. The van der Waals surface area contributed by atoms with E-state index in [9.17, 15) is 14.9 Å². The summed E-state index contributed by atoms with van der Waals surface area (Å²) in [7, 11) is 0. The number of amides is 1. The van der Waals surface area contributed by atoms with Crippen molar-refractivity contribution in [3.05, 3.63) is 33.9 Å². The Hall–Kier alpha value is -2.15. The van der Waals surface area contributed by atoms with Gasteiger partial charge in [0.2, 0.25) is 5.91 Å². The number of benzene rings is 1. The third-order valence-corrected chi connectivity index (χ3v) is 3.17. The van der Waals surface area contributed by atoms with Crippen LogP contribution >= 0.6 is 0 Å². The van der Waals surface area contributed by atoms with Gasteiger partial charge < -0.3 is 16.0 Å². The predicted octanol–water partition coefficient (Wildman–Crippen LogP) is 0.492. The molecule has 1 aliphatic heterocycles. The van der Waals surface area contributed by atoms with E-state index in [1.807, 2.05) is 11.8 Å². The van der Waals surface area contributed by atoms with Gasteiger partial charge in [-0.1, -0.05) is 0 Å². The Morgan fingerprint density at radius 2 is 2.32 bits per heavy atom. The first kappa shape index (κ1) is 13.3. The van der Waals surface area contributed by atoms with Crippen LogP contribution in [0.25, 0.3) is 0 Å². The number of nitrogens with two attached hydrogens (primary N) is 1. The summed E-state index contributed by atoms with van der Waals surface area (Å²) in [6, 6.07) is 4.46. The zero-order valence-electron chi connectivity index (χ0n) is 10.6. The number of nitrogens with one attached hydrogen (secondary N) is 1. The molecule has 3 N–H and O–H groups in total. The fourth-order valence-corrected chi connectivity index (χ4v) is 2.24. The average molecular weight is 264 g/mol. The summed E-state index contributed by atoms with van der Waals surface area (Å²) < 4.78 is 0. The molecule has 1 atom stereocenters. The van der Waals surface area contributed by atoms with Gasteiger partial charge in [-0.3, -0.25) is 14.9 Å². The number of piperazine rings is 1. The lowest BCUT2D eigenvalue weighted by atomic mass is 10.1. The minimum atomic E-state index is -0.584. The number of carbonyl (C=O) groups excluding carboxylic acids is 1. The number of hydrogen-bond donors (Lipinski definition) is 2. The summed E-state index contributed by atoms with van der Waals surface area (Å²) in [4.78, 5) is 23.7. The summed E-state index contributed by atoms with van der Waals surface area (Å²) in [6.45, 7) is 4.07. The highest BCUT2D eigenvalue weighted by Crippen LogP contribution is 2.29. The van der Waals surface area contributed by atoms with Crippen molar-refractivity contribution in [2.24, 2.45) is 5.73 Å². The molecule has 7 heteroatoms. The molecule has 19 heavy (non-hydrogen) atoms. The maximum Gasteiger partial charge on any atom is 0.292 e. The molecule has 1 amide bonds. The first-order chi connectivity index (χ1) is 8.99. The molecule has 0 unspecified atom stereocenters. The number of hydrogen-bond acceptors (Lipinski definition) is 5. The average Bonchev–Trinajstić information content (AvgIpc) is 2.37. The van der Waals surface area contributed by atoms with E-state index in [0.29, 0.717) is 18.8 Å². The van der Waals surface area contributed by atoms with Crippen molar-refractivity contribution in [1.82, 2.24) is 5.32 Å². The van der Waals surface area contributed by atoms with Crippen molar-refractivity contribution in [3.8, 4) is 0 Å². The van der Waals surface area contributed by atoms with Crippen LogP contribution in [0.3, 0.4) is 0 Å². The molecule has 1 saturated heterocycles. The van der Waals surface area contributed by atoms with Crippen LogP contribution in [-0.2, 0) is 0 Å². The molecule has 0 bridgehead atoms. The largest absolute Gasteiger partial charge is 0.366 e. The van der Waals surface area contributed by atoms with Crippen molar-refractivity contribution in [1.29, 1.82) is 0 Å². The van der Waals surface area contributed by atoms with Gasteiger partial charge in [0.15, 0.2) is 0 Å². The van der Waals surface area contributed by atoms with E-state index in [0.717, 1.165) is 6.54 Å². The molecule has 7 nitrogen and oxygen atoms in total. The van der Waals surface area contributed by atoms with E-state index in [-0.39, 0.29) is 17.3 Å². The number of primary amides is 1. The van der Waals surface area contributed by atoms with E-state index in [1.165, 1.54) is 18.2 Å². The molecule has 0 saturated carbocycles. The van der Waals surface area contributed by atoms with Crippen LogP contribution in [0.1, 0.15) is 17.3 Å². The zero-order chi connectivity index (χ0) is 14.0. The normalized spacial score (nSPS) is 19.2. The van der Waals surface area contributed by atoms with E-state index in [1.54, 1.807) is 0 Å². The molecule has 0 radical (unpaired) electrons. The Bertz CT molecular complexity index is 518. The molecular formula is C12H16N4O3. The SMILES string of the molecule is C[C@@H]1CN(c2cc(C(N)=O)ccc2[N+](=O)[O-])CCN1. The molecule has 2 rings (SSSR count). The second-order valence-corrected chi connectivity index (χ2v) is 4.63. The molecule has 0 aromatic heterocycles. The number of nitro benzene ring substituents is 1. The van der Waals surface area contributed by atoms with Crippen LogP contribution < -0.4 is 16.0 Å². The lowest BCUT2D eigenvalue weighted by Crippen LogP contribution is -2.49. The van der Waals surface area contributed by atoms with E-state index < -0.39 is 10.8 Å². The Labute approximate surface area is 110 Å². The van der Waals surface area contributed by atoms with Crippen LogP contribution in [0.15, 0.2) is 18.2 Å². The van der Waals surface area contributed by atoms with E-state index in [4.69, 9.17) is 5.73 Å². The molecule has 1 heterocycles. The maximum atomic E-state index is 11.2. The zero-order valence-corrected chi connectivity index (χ0v) is 10.6. The lowest BCUT2D eigenvalue weighted by molar-refractivity contribution is -0.384. The number of anilines is 1. The Balaban J connectivity index is 2.42. The van der Waals surface area contributed by atoms with Crippen LogP contribution in [0, 0.1) is 10.1 Å². The van der Waals surface area contributed by atoms with Gasteiger partial charge in [0, 0.05) is 37.3 Å². The maximum absolute atomic E-state index is 11.2. The fourth-order valence-electron chi connectivity index (χ4n) is 2.24. The molecule has 1 aromatic rings. The molecule has 1 aliphatic rings. The first-order valence-electron chi connectivity index (χ1n) is 6.05. The number of nitrogens with zero attached hydrogens (tertiary/aromatic N) is 2. The summed E-state index contributed by atoms with van der Waals surface area (Å²) in [5.74, 6) is -0.584. The lowest BCUT2D eigenvalue weighted by Gasteiger charge is -2.33. The van der Waals surface area contributed by atoms with Crippen molar-refractivity contribution < 1.29 is 9.72 Å². The monoisotopic (exact) mass is 264 g/mol. The standard InChI is InChI=1S/C12H16N4O3/c1-8-7-15(5-4-14-8)11-6-9(12(13)17)2-3-10(11)16(18)19/h2-3,6,8,14H,4-5,7H2,1H3,(H2,13,17)/t8-/m1/s1. The third kappa shape index (κ3) is 2.82. The van der Waals surface area contributed by atoms with Gasteiger partial charge in [0.05, 0.1) is 4.92 Å². The highest BCUT2D eigenvalue weighted by Gasteiger charge is 2.24. The van der Waals surface area contributed by atoms with Crippen molar-refractivity contribution >= 4 is 17.3 Å². The van der Waals surface area contributed by atoms with E-state index >= 15 is 0 Å². The van der Waals surface area contributed by atoms with Crippen LogP contribution in [0.4, 0.5) is 11.4 Å². The highest BCUT2D eigenvalue weighted by molar-refractivity contribution is 5.94. The van der Waals surface area contributed by atoms with E-state index in [2.05, 4.69) is 5.32 Å². The van der Waals surface area contributed by atoms with Crippen molar-refractivity contribution in [2.45, 2.75) is 13.0 Å². The van der Waals surface area contributed by atoms with Gasteiger partial charge in [-0.15, -0.1) is 0 Å². The first-order valence-corrected chi connectivity index (χ1v) is 6.05. The van der Waals surface area contributed by atoms with Crippen molar-refractivity contribution in [3.63, 3.8) is 0 Å². The molecule has 0 aliphatic carbocycles. The van der Waals surface area contributed by atoms with Crippen LogP contribution in [0.5, 0.6) is 0 Å². The second kappa shape index (κ2) is 5.23. The Kier molecular flexibility index (Phi) is 3.66. The summed E-state index contributed by atoms with van der Waals surface area (Å²) in [5.41, 5.74) is 5.96. The molecule has 0 spiro atoms. The van der Waals surface area contributed by atoms with Gasteiger partial charge >= 0.3 is 0 Å². The number of nitro groups is 1. The van der Waals surface area contributed by atoms with Crippen LogP contribution in [0.2, 0.25) is 0 Å². The topological polar surface area (TPSA) is 102 Å². The third-order valence-electron chi connectivity index (χ3n) is 3.17. The Morgan fingerprint density at radius 1 is 1.58 bits per heavy atom. The number of carbonyl (C=O) groups is 1. The quantitative estimate of drug-likeness (QED) is 0.611. The highest BCUT2D eigenvalue weighted by atomic mass is 16.6. The fraction of sp³-hybridized carbons (Fsp3) is 0.417. The van der Waals surface area contributed by atoms with Crippen LogP contribution in [-0.4, -0.2) is 36.5 Å². The Morgan fingerprint density at radius 3 is 2.89 bits per heavy atom.